The summed E-state index contributed by atoms with van der Waals surface area (Å²) < 4.78 is 264. The predicted octanol–water partition coefficient (Wildman–Crippen LogP) is 6.69. The standard InChI is InChI=1S/C20H19F17O4Si/c1-4-39-42(40-5-2,41-6-3)14(25,11(21)8-7-9-12(22,23)15(11,26)27)10(38)13(24)16(28,29)18(32,33)20(36,37)19(34,35)17(13,30)31/h7-8H,4-6,9H2,1-3H3. The van der Waals surface area contributed by atoms with Crippen LogP contribution in [0.3, 0.4) is 0 Å². The highest BCUT2D eigenvalue weighted by Crippen LogP contribution is 2.71. The minimum Gasteiger partial charge on any atom is -0.372 e. The van der Waals surface area contributed by atoms with Crippen LogP contribution in [0.5, 0.6) is 0 Å². The summed E-state index contributed by atoms with van der Waals surface area (Å²) in [5.74, 6) is -58.4. The number of ketones is 1. The highest BCUT2D eigenvalue weighted by molar-refractivity contribution is 6.69. The van der Waals surface area contributed by atoms with Crippen LogP contribution in [0.4, 0.5) is 74.6 Å². The van der Waals surface area contributed by atoms with Gasteiger partial charge in [0, 0.05) is 26.2 Å². The lowest BCUT2D eigenvalue weighted by Gasteiger charge is -2.55. The van der Waals surface area contributed by atoms with E-state index in [4.69, 9.17) is 0 Å². The van der Waals surface area contributed by atoms with E-state index < -0.39 is 111 Å². The van der Waals surface area contributed by atoms with E-state index >= 15 is 22.0 Å². The molecule has 2 aliphatic carbocycles. The average molecular weight is 674 g/mol. The molecule has 246 valence electrons. The van der Waals surface area contributed by atoms with Crippen molar-refractivity contribution in [2.45, 2.75) is 85.3 Å². The minimum atomic E-state index is -8.21. The lowest BCUT2D eigenvalue weighted by molar-refractivity contribution is -0.476. The van der Waals surface area contributed by atoms with Crippen molar-refractivity contribution < 1.29 is 92.7 Å². The Morgan fingerprint density at radius 3 is 1.31 bits per heavy atom. The van der Waals surface area contributed by atoms with Gasteiger partial charge in [0.05, 0.1) is 0 Å². The third-order valence-electron chi connectivity index (χ3n) is 6.63. The first kappa shape index (κ1) is 36.5. The second-order valence-electron chi connectivity index (χ2n) is 8.97. The maximum absolute atomic E-state index is 17.1. The van der Waals surface area contributed by atoms with Crippen molar-refractivity contribution >= 4 is 14.6 Å². The van der Waals surface area contributed by atoms with Crippen molar-refractivity contribution in [3.63, 3.8) is 0 Å². The lowest BCUT2D eigenvalue weighted by atomic mass is 9.67. The Morgan fingerprint density at radius 2 is 0.976 bits per heavy atom. The number of halogens is 17. The number of allylic oxidation sites excluding steroid dienone is 2. The maximum atomic E-state index is 17.1. The van der Waals surface area contributed by atoms with Gasteiger partial charge in [-0.3, -0.25) is 4.79 Å². The van der Waals surface area contributed by atoms with E-state index in [-0.39, 0.29) is 0 Å². The Hall–Kier alpha value is -1.68. The lowest BCUT2D eigenvalue weighted by Crippen LogP contribution is -2.90. The highest BCUT2D eigenvalue weighted by atomic mass is 28.4. The molecule has 22 heteroatoms. The van der Waals surface area contributed by atoms with Crippen molar-refractivity contribution in [3.8, 4) is 0 Å². The number of rotatable bonds is 10. The molecule has 2 aliphatic rings. The smallest absolute Gasteiger partial charge is 0.372 e. The molecule has 1 fully saturated rings. The Labute approximate surface area is 225 Å². The number of carbonyl (C=O) groups excluding carboxylic acids is 1. The minimum absolute atomic E-state index is 0.457. The molecule has 0 N–H and O–H groups in total. The summed E-state index contributed by atoms with van der Waals surface area (Å²) in [5, 5.41) is -6.73. The largest absolute Gasteiger partial charge is 0.552 e. The van der Waals surface area contributed by atoms with Gasteiger partial charge in [0.2, 0.25) is 11.5 Å². The first-order valence-corrected chi connectivity index (χ1v) is 13.1. The Kier molecular flexibility index (Phi) is 8.62. The Morgan fingerprint density at radius 1 is 0.643 bits per heavy atom. The van der Waals surface area contributed by atoms with E-state index in [0.717, 1.165) is 0 Å². The van der Waals surface area contributed by atoms with E-state index in [0.29, 0.717) is 20.8 Å². The Bertz CT molecular complexity index is 1050. The summed E-state index contributed by atoms with van der Waals surface area (Å²) in [6.45, 7) is -2.04. The first-order valence-electron chi connectivity index (χ1n) is 11.4. The van der Waals surface area contributed by atoms with Crippen molar-refractivity contribution in [2.24, 2.45) is 0 Å². The number of hydrogen-bond donors (Lipinski definition) is 0. The van der Waals surface area contributed by atoms with E-state index in [1.165, 1.54) is 0 Å². The van der Waals surface area contributed by atoms with E-state index in [1.807, 2.05) is 0 Å². The van der Waals surface area contributed by atoms with Gasteiger partial charge in [-0.05, 0) is 26.8 Å². The fourth-order valence-corrected chi connectivity index (χ4v) is 7.59. The number of hydrogen-bond acceptors (Lipinski definition) is 4. The average Bonchev–Trinajstić information content (AvgIpc) is 2.84. The van der Waals surface area contributed by atoms with Crippen LogP contribution >= 0.6 is 0 Å². The zero-order valence-electron chi connectivity index (χ0n) is 21.0. The quantitative estimate of drug-likeness (QED) is 0.147. The topological polar surface area (TPSA) is 44.8 Å². The molecular formula is C20H19F17O4Si. The van der Waals surface area contributed by atoms with E-state index in [9.17, 15) is 57.5 Å². The van der Waals surface area contributed by atoms with Gasteiger partial charge in [0.25, 0.3) is 5.29 Å². The molecule has 0 aromatic rings. The molecule has 0 radical (unpaired) electrons. The summed E-state index contributed by atoms with van der Waals surface area (Å²) in [5.41, 5.74) is -14.6. The molecule has 42 heavy (non-hydrogen) atoms. The molecular weight excluding hydrogens is 655 g/mol. The highest BCUT2D eigenvalue weighted by Gasteiger charge is 3.05. The summed E-state index contributed by atoms with van der Waals surface area (Å²) in [6, 6.07) is 0. The molecule has 0 heterocycles. The summed E-state index contributed by atoms with van der Waals surface area (Å²) in [4.78, 5) is 13.2. The molecule has 2 rings (SSSR count). The molecule has 4 nitrogen and oxygen atoms in total. The normalized spacial score (nSPS) is 31.2. The molecule has 0 amide bonds. The fraction of sp³-hybridized carbons (Fsp3) is 0.850. The van der Waals surface area contributed by atoms with Crippen LogP contribution in [0.25, 0.3) is 0 Å². The van der Waals surface area contributed by atoms with Gasteiger partial charge in [-0.15, -0.1) is 0 Å². The predicted molar refractivity (Wildman–Crippen MR) is 106 cm³/mol. The third-order valence-corrected chi connectivity index (χ3v) is 10.1. The van der Waals surface area contributed by atoms with Crippen LogP contribution < -0.4 is 0 Å². The van der Waals surface area contributed by atoms with Crippen molar-refractivity contribution in [2.75, 3.05) is 19.8 Å². The van der Waals surface area contributed by atoms with Gasteiger partial charge < -0.3 is 13.3 Å². The second kappa shape index (κ2) is 9.91. The van der Waals surface area contributed by atoms with Gasteiger partial charge >= 0.3 is 55.9 Å². The molecule has 1 saturated carbocycles. The Balaban J connectivity index is 3.28. The molecule has 0 aromatic carbocycles. The molecule has 0 saturated heterocycles. The van der Waals surface area contributed by atoms with Crippen molar-refractivity contribution in [1.82, 2.24) is 0 Å². The molecule has 2 unspecified atom stereocenters. The number of Topliss-reactive ketones (excluding diaryl/α,β-unsaturated/α-hetero) is 1. The first-order chi connectivity index (χ1) is 18.5. The number of carbonyl (C=O) groups is 1. The van der Waals surface area contributed by atoms with Crippen LogP contribution in [-0.2, 0) is 18.1 Å². The van der Waals surface area contributed by atoms with E-state index in [2.05, 4.69) is 13.3 Å². The fourth-order valence-electron chi connectivity index (χ4n) is 4.46. The van der Waals surface area contributed by atoms with Gasteiger partial charge in [0.15, 0.2) is 0 Å². The molecule has 0 aromatic heterocycles. The van der Waals surface area contributed by atoms with Gasteiger partial charge in [-0.1, -0.05) is 6.08 Å². The second-order valence-corrected chi connectivity index (χ2v) is 11.6. The molecule has 0 bridgehead atoms. The van der Waals surface area contributed by atoms with E-state index in [1.54, 1.807) is 0 Å². The summed E-state index contributed by atoms with van der Waals surface area (Å²) in [7, 11) is -7.15. The van der Waals surface area contributed by atoms with Gasteiger partial charge in [-0.25, -0.2) is 13.2 Å². The van der Waals surface area contributed by atoms with Crippen LogP contribution in [0.15, 0.2) is 12.2 Å². The van der Waals surface area contributed by atoms with Gasteiger partial charge in [0.1, 0.15) is 0 Å². The summed E-state index contributed by atoms with van der Waals surface area (Å²) >= 11 is 0. The van der Waals surface area contributed by atoms with Crippen LogP contribution in [0.2, 0.25) is 0 Å². The molecule has 0 spiro atoms. The van der Waals surface area contributed by atoms with Crippen LogP contribution in [-0.4, -0.2) is 92.5 Å². The van der Waals surface area contributed by atoms with Crippen molar-refractivity contribution in [1.29, 1.82) is 0 Å². The third kappa shape index (κ3) is 3.69. The van der Waals surface area contributed by atoms with Crippen LogP contribution in [0, 0.1) is 0 Å². The maximum Gasteiger partial charge on any atom is 0.552 e. The summed E-state index contributed by atoms with van der Waals surface area (Å²) in [6.07, 6.45) is -3.84. The van der Waals surface area contributed by atoms with Crippen LogP contribution in [0.1, 0.15) is 27.2 Å². The zero-order chi connectivity index (χ0) is 33.4. The van der Waals surface area contributed by atoms with Crippen molar-refractivity contribution in [3.05, 3.63) is 12.2 Å². The molecule has 2 atom stereocenters. The van der Waals surface area contributed by atoms with Gasteiger partial charge in [-0.2, -0.15) is 61.5 Å². The SMILES string of the molecule is CCO[Si](OCC)(OCC)C(F)(C(=O)C1(F)C(F)(F)C(F)(F)C(F)(F)C(F)(F)C1(F)F)C1(F)C=CCC(F)(F)C1(F)F. The number of alkyl halides is 17. The monoisotopic (exact) mass is 674 g/mol. The molecule has 0 aliphatic heterocycles. The zero-order valence-corrected chi connectivity index (χ0v) is 22.0.